The summed E-state index contributed by atoms with van der Waals surface area (Å²) in [4.78, 5) is 27.6. The lowest BCUT2D eigenvalue weighted by atomic mass is 9.99. The number of carbonyl (C=O) groups excluding carboxylic acids is 2. The molecule has 0 bridgehead atoms. The van der Waals surface area contributed by atoms with Gasteiger partial charge in [0.05, 0.1) is 7.11 Å². The zero-order valence-corrected chi connectivity index (χ0v) is 11.9. The number of halogens is 1. The molecule has 1 heterocycles. The lowest BCUT2D eigenvalue weighted by molar-refractivity contribution is -0.144. The molecular formula is C13H17ClN2O3. The van der Waals surface area contributed by atoms with Crippen LogP contribution < -0.4 is 5.32 Å². The minimum Gasteiger partial charge on any atom is -0.467 e. The molecule has 2 atom stereocenters. The third-order valence-corrected chi connectivity index (χ3v) is 3.11. The van der Waals surface area contributed by atoms with Crippen molar-refractivity contribution < 1.29 is 14.3 Å². The molecule has 1 aromatic rings. The number of hydrogen-bond donors (Lipinski definition) is 1. The number of pyridine rings is 1. The number of amides is 1. The quantitative estimate of drug-likeness (QED) is 0.664. The van der Waals surface area contributed by atoms with Gasteiger partial charge in [-0.1, -0.05) is 37.9 Å². The summed E-state index contributed by atoms with van der Waals surface area (Å²) in [6, 6.07) is 4.04. The maximum Gasteiger partial charge on any atom is 0.328 e. The van der Waals surface area contributed by atoms with Gasteiger partial charge in [0.15, 0.2) is 0 Å². The fourth-order valence-electron chi connectivity index (χ4n) is 1.55. The van der Waals surface area contributed by atoms with Gasteiger partial charge in [-0.15, -0.1) is 0 Å². The molecule has 0 aliphatic rings. The van der Waals surface area contributed by atoms with Gasteiger partial charge in [-0.2, -0.15) is 0 Å². The molecule has 0 aliphatic heterocycles. The lowest BCUT2D eigenvalue weighted by Gasteiger charge is -2.21. The Morgan fingerprint density at radius 3 is 2.68 bits per heavy atom. The van der Waals surface area contributed by atoms with E-state index in [1.807, 2.05) is 13.8 Å². The Kier molecular flexibility index (Phi) is 5.76. The lowest BCUT2D eigenvalue weighted by Crippen LogP contribution is -2.45. The van der Waals surface area contributed by atoms with Gasteiger partial charge < -0.3 is 10.1 Å². The van der Waals surface area contributed by atoms with Crippen LogP contribution in [0.1, 0.15) is 30.8 Å². The molecule has 0 saturated heterocycles. The fourth-order valence-corrected chi connectivity index (χ4v) is 1.71. The van der Waals surface area contributed by atoms with E-state index in [1.54, 1.807) is 12.1 Å². The number of esters is 1. The van der Waals surface area contributed by atoms with Gasteiger partial charge >= 0.3 is 5.97 Å². The van der Waals surface area contributed by atoms with Gasteiger partial charge in [0, 0.05) is 0 Å². The van der Waals surface area contributed by atoms with Crippen LogP contribution in [0.3, 0.4) is 0 Å². The van der Waals surface area contributed by atoms with Crippen molar-refractivity contribution in [2.24, 2.45) is 5.92 Å². The molecule has 0 aliphatic carbocycles. The van der Waals surface area contributed by atoms with Crippen molar-refractivity contribution in [3.05, 3.63) is 29.0 Å². The molecule has 19 heavy (non-hydrogen) atoms. The SMILES string of the molecule is CCC(C)C(NC(=O)c1cccc(Cl)n1)C(=O)OC. The van der Waals surface area contributed by atoms with E-state index in [0.29, 0.717) is 0 Å². The Balaban J connectivity index is 2.84. The predicted octanol–water partition coefficient (Wildman–Crippen LogP) is 2.05. The van der Waals surface area contributed by atoms with E-state index in [2.05, 4.69) is 10.3 Å². The van der Waals surface area contributed by atoms with Crippen molar-refractivity contribution in [1.29, 1.82) is 0 Å². The predicted molar refractivity (Wildman–Crippen MR) is 72.0 cm³/mol. The number of methoxy groups -OCH3 is 1. The molecule has 0 spiro atoms. The Hall–Kier alpha value is -1.62. The average Bonchev–Trinajstić information content (AvgIpc) is 2.42. The molecule has 1 amide bonds. The second-order valence-electron chi connectivity index (χ2n) is 4.21. The molecule has 6 heteroatoms. The Morgan fingerprint density at radius 2 is 2.16 bits per heavy atom. The largest absolute Gasteiger partial charge is 0.467 e. The molecule has 1 N–H and O–H groups in total. The fraction of sp³-hybridized carbons (Fsp3) is 0.462. The highest BCUT2D eigenvalue weighted by Gasteiger charge is 2.27. The van der Waals surface area contributed by atoms with Crippen molar-refractivity contribution in [1.82, 2.24) is 10.3 Å². The molecule has 5 nitrogen and oxygen atoms in total. The van der Waals surface area contributed by atoms with Crippen molar-refractivity contribution >= 4 is 23.5 Å². The first-order chi connectivity index (χ1) is 8.99. The standard InChI is InChI=1S/C13H17ClN2O3/c1-4-8(2)11(13(18)19-3)16-12(17)9-6-5-7-10(14)15-9/h5-8,11H,4H2,1-3H3,(H,16,17). The number of nitrogens with zero attached hydrogens (tertiary/aromatic N) is 1. The monoisotopic (exact) mass is 284 g/mol. The molecule has 0 fully saturated rings. The van der Waals surface area contributed by atoms with E-state index < -0.39 is 17.9 Å². The minimum absolute atomic E-state index is 0.0319. The number of rotatable bonds is 5. The maximum atomic E-state index is 12.0. The van der Waals surface area contributed by atoms with Gasteiger partial charge in [-0.3, -0.25) is 4.79 Å². The maximum absolute atomic E-state index is 12.0. The van der Waals surface area contributed by atoms with Crippen molar-refractivity contribution in [3.8, 4) is 0 Å². The average molecular weight is 285 g/mol. The highest BCUT2D eigenvalue weighted by Crippen LogP contribution is 2.11. The van der Waals surface area contributed by atoms with E-state index in [1.165, 1.54) is 13.2 Å². The first-order valence-electron chi connectivity index (χ1n) is 6.00. The van der Waals surface area contributed by atoms with Crippen LogP contribution in [-0.2, 0) is 9.53 Å². The number of aromatic nitrogens is 1. The van der Waals surface area contributed by atoms with Crippen LogP contribution in [0.4, 0.5) is 0 Å². The molecule has 0 radical (unpaired) electrons. The first kappa shape index (κ1) is 15.4. The third-order valence-electron chi connectivity index (χ3n) is 2.90. The van der Waals surface area contributed by atoms with Gasteiger partial charge in [0.2, 0.25) is 0 Å². The zero-order valence-electron chi connectivity index (χ0n) is 11.1. The molecule has 0 saturated carbocycles. The summed E-state index contributed by atoms with van der Waals surface area (Å²) in [6.45, 7) is 3.80. The topological polar surface area (TPSA) is 68.3 Å². The summed E-state index contributed by atoms with van der Waals surface area (Å²) in [5.74, 6) is -0.946. The van der Waals surface area contributed by atoms with Crippen LogP contribution in [0.5, 0.6) is 0 Å². The van der Waals surface area contributed by atoms with Crippen LogP contribution in [-0.4, -0.2) is 30.0 Å². The second-order valence-corrected chi connectivity index (χ2v) is 4.59. The van der Waals surface area contributed by atoms with Crippen LogP contribution >= 0.6 is 11.6 Å². The van der Waals surface area contributed by atoms with Gasteiger partial charge in [0.25, 0.3) is 5.91 Å². The van der Waals surface area contributed by atoms with Gasteiger partial charge in [0.1, 0.15) is 16.9 Å². The summed E-state index contributed by atoms with van der Waals surface area (Å²) < 4.78 is 4.70. The van der Waals surface area contributed by atoms with E-state index in [-0.39, 0.29) is 16.8 Å². The van der Waals surface area contributed by atoms with Crippen LogP contribution in [0, 0.1) is 5.92 Å². The number of hydrogen-bond acceptors (Lipinski definition) is 4. The smallest absolute Gasteiger partial charge is 0.328 e. The number of carbonyl (C=O) groups is 2. The Bertz CT molecular complexity index is 465. The molecule has 104 valence electrons. The summed E-state index contributed by atoms with van der Waals surface area (Å²) in [5.41, 5.74) is 0.171. The van der Waals surface area contributed by atoms with E-state index in [9.17, 15) is 9.59 Å². The number of ether oxygens (including phenoxy) is 1. The molecule has 1 aromatic heterocycles. The number of nitrogens with one attached hydrogen (secondary N) is 1. The Morgan fingerprint density at radius 1 is 1.47 bits per heavy atom. The summed E-state index contributed by atoms with van der Waals surface area (Å²) in [7, 11) is 1.29. The normalized spacial score (nSPS) is 13.5. The van der Waals surface area contributed by atoms with Crippen molar-refractivity contribution in [2.75, 3.05) is 7.11 Å². The third kappa shape index (κ3) is 4.21. The van der Waals surface area contributed by atoms with Crippen LogP contribution in [0.15, 0.2) is 18.2 Å². The summed E-state index contributed by atoms with van der Waals surface area (Å²) in [6.07, 6.45) is 0.739. The first-order valence-corrected chi connectivity index (χ1v) is 6.38. The van der Waals surface area contributed by atoms with Crippen molar-refractivity contribution in [3.63, 3.8) is 0 Å². The Labute approximate surface area is 117 Å². The van der Waals surface area contributed by atoms with Gasteiger partial charge in [-0.05, 0) is 18.1 Å². The minimum atomic E-state index is -0.691. The highest BCUT2D eigenvalue weighted by atomic mass is 35.5. The highest BCUT2D eigenvalue weighted by molar-refractivity contribution is 6.29. The second kappa shape index (κ2) is 7.09. The van der Waals surface area contributed by atoms with E-state index in [4.69, 9.17) is 16.3 Å². The molecule has 0 aromatic carbocycles. The molecule has 1 rings (SSSR count). The van der Waals surface area contributed by atoms with Gasteiger partial charge in [-0.25, -0.2) is 9.78 Å². The zero-order chi connectivity index (χ0) is 14.4. The van der Waals surface area contributed by atoms with Crippen LogP contribution in [0.25, 0.3) is 0 Å². The summed E-state index contributed by atoms with van der Waals surface area (Å²) >= 11 is 5.72. The summed E-state index contributed by atoms with van der Waals surface area (Å²) in [5, 5.41) is 2.85. The van der Waals surface area contributed by atoms with E-state index in [0.717, 1.165) is 6.42 Å². The molecule has 2 unspecified atom stereocenters. The van der Waals surface area contributed by atoms with Crippen LogP contribution in [0.2, 0.25) is 5.15 Å². The molecular weight excluding hydrogens is 268 g/mol. The van der Waals surface area contributed by atoms with Crippen molar-refractivity contribution in [2.45, 2.75) is 26.3 Å². The van der Waals surface area contributed by atoms with E-state index >= 15 is 0 Å².